The van der Waals surface area contributed by atoms with Crippen LogP contribution in [0.1, 0.15) is 47.5 Å². The molecule has 0 aromatic carbocycles. The molecule has 5 atom stereocenters. The van der Waals surface area contributed by atoms with Crippen LogP contribution in [0, 0.1) is 0 Å². The van der Waals surface area contributed by atoms with E-state index in [-0.39, 0.29) is 30.9 Å². The molecule has 3 rings (SSSR count). The van der Waals surface area contributed by atoms with Crippen molar-refractivity contribution in [3.63, 3.8) is 0 Å². The van der Waals surface area contributed by atoms with Crippen LogP contribution in [0.2, 0.25) is 0 Å². The highest BCUT2D eigenvalue weighted by Crippen LogP contribution is 2.44. The molecule has 3 saturated heterocycles. The van der Waals surface area contributed by atoms with Crippen LogP contribution in [-0.2, 0) is 33.2 Å². The first-order chi connectivity index (χ1) is 10.7. The van der Waals surface area contributed by atoms with E-state index < -0.39 is 24.0 Å². The highest BCUT2D eigenvalue weighted by molar-refractivity contribution is 5.69. The van der Waals surface area contributed by atoms with E-state index in [0.717, 1.165) is 6.42 Å². The smallest absolute Gasteiger partial charge is 0.305 e. The Bertz CT molecular complexity index is 461. The van der Waals surface area contributed by atoms with Gasteiger partial charge in [-0.2, -0.15) is 0 Å². The number of fused-ring (bicyclic) bond motifs is 3. The minimum Gasteiger partial charge on any atom is -0.463 e. The number of rotatable bonds is 4. The second kappa shape index (κ2) is 5.97. The first-order valence-electron chi connectivity index (χ1n) is 8.23. The molecule has 0 aliphatic carbocycles. The van der Waals surface area contributed by atoms with Crippen LogP contribution in [-0.4, -0.2) is 54.9 Å². The molecule has 0 aromatic rings. The zero-order chi connectivity index (χ0) is 16.8. The summed E-state index contributed by atoms with van der Waals surface area (Å²) in [5, 5.41) is 0. The van der Waals surface area contributed by atoms with E-state index in [1.165, 1.54) is 0 Å². The maximum Gasteiger partial charge on any atom is 0.305 e. The summed E-state index contributed by atoms with van der Waals surface area (Å²) in [6.07, 6.45) is -0.903. The molecule has 0 amide bonds. The molecule has 3 aliphatic heterocycles. The van der Waals surface area contributed by atoms with Gasteiger partial charge < -0.3 is 28.4 Å². The van der Waals surface area contributed by atoms with Gasteiger partial charge in [0.15, 0.2) is 17.9 Å². The van der Waals surface area contributed by atoms with Gasteiger partial charge in [-0.3, -0.25) is 4.79 Å². The van der Waals surface area contributed by atoms with E-state index in [9.17, 15) is 4.79 Å². The normalized spacial score (nSPS) is 40.5. The van der Waals surface area contributed by atoms with Crippen LogP contribution in [0.25, 0.3) is 0 Å². The van der Waals surface area contributed by atoms with Crippen molar-refractivity contribution in [1.29, 1.82) is 0 Å². The number of carbonyl (C=O) groups excluding carboxylic acids is 1. The number of ether oxygens (including phenoxy) is 6. The van der Waals surface area contributed by atoms with Crippen molar-refractivity contribution < 1.29 is 33.2 Å². The van der Waals surface area contributed by atoms with Gasteiger partial charge in [-0.25, -0.2) is 0 Å². The summed E-state index contributed by atoms with van der Waals surface area (Å²) >= 11 is 0. The summed E-state index contributed by atoms with van der Waals surface area (Å²) in [5.74, 6) is -1.73. The summed E-state index contributed by atoms with van der Waals surface area (Å²) in [6.45, 7) is 9.42. The number of hydrogen-bond donors (Lipinski definition) is 0. The first-order valence-corrected chi connectivity index (χ1v) is 8.23. The van der Waals surface area contributed by atoms with Gasteiger partial charge in [0.2, 0.25) is 0 Å². The molecule has 3 heterocycles. The molecule has 7 heteroatoms. The molecule has 7 nitrogen and oxygen atoms in total. The average Bonchev–Trinajstić information content (AvgIpc) is 2.90. The van der Waals surface area contributed by atoms with Crippen LogP contribution in [0.15, 0.2) is 0 Å². The molecule has 0 spiro atoms. The summed E-state index contributed by atoms with van der Waals surface area (Å²) in [5.41, 5.74) is 0. The summed E-state index contributed by atoms with van der Waals surface area (Å²) in [7, 11) is 0. The lowest BCUT2D eigenvalue weighted by Crippen LogP contribution is -2.56. The fraction of sp³-hybridized carbons (Fsp3) is 0.938. The molecule has 3 fully saturated rings. The van der Waals surface area contributed by atoms with E-state index in [2.05, 4.69) is 0 Å². The molecule has 0 aromatic heterocycles. The largest absolute Gasteiger partial charge is 0.463 e. The van der Waals surface area contributed by atoms with Crippen molar-refractivity contribution in [3.05, 3.63) is 0 Å². The molecule has 132 valence electrons. The second-order valence-electron chi connectivity index (χ2n) is 7.14. The predicted octanol–water partition coefficient (Wildman–Crippen LogP) is 1.73. The Morgan fingerprint density at radius 3 is 2.26 bits per heavy atom. The van der Waals surface area contributed by atoms with Gasteiger partial charge in [-0.05, 0) is 34.1 Å². The van der Waals surface area contributed by atoms with Crippen molar-refractivity contribution in [2.24, 2.45) is 0 Å². The van der Waals surface area contributed by atoms with Crippen LogP contribution < -0.4 is 0 Å². The Hall–Kier alpha value is -0.730. The van der Waals surface area contributed by atoms with Gasteiger partial charge >= 0.3 is 5.97 Å². The van der Waals surface area contributed by atoms with E-state index in [0.29, 0.717) is 6.42 Å². The van der Waals surface area contributed by atoms with Crippen molar-refractivity contribution in [1.82, 2.24) is 0 Å². The zero-order valence-corrected chi connectivity index (χ0v) is 14.4. The van der Waals surface area contributed by atoms with E-state index in [4.69, 9.17) is 28.4 Å². The predicted molar refractivity (Wildman–Crippen MR) is 78.4 cm³/mol. The Morgan fingerprint density at radius 1 is 0.957 bits per heavy atom. The van der Waals surface area contributed by atoms with Gasteiger partial charge in [0.25, 0.3) is 0 Å². The maximum atomic E-state index is 11.6. The monoisotopic (exact) mass is 330 g/mol. The van der Waals surface area contributed by atoms with Gasteiger partial charge in [0.05, 0.1) is 0 Å². The van der Waals surface area contributed by atoms with Gasteiger partial charge in [0, 0.05) is 6.42 Å². The molecular formula is C16H26O7. The lowest BCUT2D eigenvalue weighted by molar-refractivity contribution is -0.242. The minimum atomic E-state index is -0.746. The fourth-order valence-electron chi connectivity index (χ4n) is 3.28. The first kappa shape index (κ1) is 17.1. The quantitative estimate of drug-likeness (QED) is 0.727. The minimum absolute atomic E-state index is 0.118. The Morgan fingerprint density at radius 2 is 1.57 bits per heavy atom. The van der Waals surface area contributed by atoms with Crippen molar-refractivity contribution in [3.8, 4) is 0 Å². The fourth-order valence-corrected chi connectivity index (χ4v) is 3.28. The molecule has 0 unspecified atom stereocenters. The molecular weight excluding hydrogens is 304 g/mol. The summed E-state index contributed by atoms with van der Waals surface area (Å²) in [4.78, 5) is 11.6. The maximum absolute atomic E-state index is 11.6. The molecule has 3 aliphatic rings. The molecule has 0 N–H and O–H groups in total. The lowest BCUT2D eigenvalue weighted by atomic mass is 9.99. The third-order valence-corrected chi connectivity index (χ3v) is 4.11. The molecule has 23 heavy (non-hydrogen) atoms. The number of carbonyl (C=O) groups is 1. The third-order valence-electron chi connectivity index (χ3n) is 4.11. The van der Waals surface area contributed by atoms with Crippen molar-refractivity contribution >= 4 is 5.97 Å². The lowest BCUT2D eigenvalue weighted by Gasteiger charge is -2.36. The number of esters is 1. The van der Waals surface area contributed by atoms with Crippen molar-refractivity contribution in [2.45, 2.75) is 89.7 Å². The van der Waals surface area contributed by atoms with E-state index >= 15 is 0 Å². The standard InChI is InChI=1S/C16H26O7/c1-6-7-10(17)18-8-9-11-12(21-15(2,3)20-11)13-14(19-9)23-16(4,5)22-13/h9,11-14H,6-8H2,1-5H3/t9-,11-,12+,13-,14-/m1/s1. The Kier molecular flexibility index (Phi) is 4.44. The van der Waals surface area contributed by atoms with Crippen LogP contribution in [0.4, 0.5) is 0 Å². The summed E-state index contributed by atoms with van der Waals surface area (Å²) < 4.78 is 34.9. The van der Waals surface area contributed by atoms with E-state index in [1.54, 1.807) is 0 Å². The van der Waals surface area contributed by atoms with Gasteiger partial charge in [0.1, 0.15) is 31.0 Å². The highest BCUT2D eigenvalue weighted by Gasteiger charge is 2.60. The van der Waals surface area contributed by atoms with Gasteiger partial charge in [-0.1, -0.05) is 6.92 Å². The highest BCUT2D eigenvalue weighted by atomic mass is 16.9. The number of hydrogen-bond acceptors (Lipinski definition) is 7. The van der Waals surface area contributed by atoms with Crippen LogP contribution >= 0.6 is 0 Å². The second-order valence-corrected chi connectivity index (χ2v) is 7.14. The van der Waals surface area contributed by atoms with Crippen LogP contribution in [0.5, 0.6) is 0 Å². The van der Waals surface area contributed by atoms with E-state index in [1.807, 2.05) is 34.6 Å². The van der Waals surface area contributed by atoms with Crippen molar-refractivity contribution in [2.75, 3.05) is 6.61 Å². The average molecular weight is 330 g/mol. The summed E-state index contributed by atoms with van der Waals surface area (Å²) in [6, 6.07) is 0. The topological polar surface area (TPSA) is 72.5 Å². The molecule has 0 bridgehead atoms. The SMILES string of the molecule is CCCC(=O)OC[C@H]1O[C@@H]2OC(C)(C)O[C@@H]2[C@H]2OC(C)(C)O[C@@H]21. The van der Waals surface area contributed by atoms with Gasteiger partial charge in [-0.15, -0.1) is 0 Å². The Balaban J connectivity index is 1.72. The third kappa shape index (κ3) is 3.53. The zero-order valence-electron chi connectivity index (χ0n) is 14.4. The molecule has 0 saturated carbocycles. The van der Waals surface area contributed by atoms with Crippen LogP contribution in [0.3, 0.4) is 0 Å². The Labute approximate surface area is 136 Å². The molecule has 0 radical (unpaired) electrons.